The van der Waals surface area contributed by atoms with E-state index in [9.17, 15) is 19.7 Å². The number of methoxy groups -OCH3 is 2. The van der Waals surface area contributed by atoms with Gasteiger partial charge in [0.2, 0.25) is 0 Å². The van der Waals surface area contributed by atoms with Crippen LogP contribution in [0.15, 0.2) is 48.5 Å². The fourth-order valence-corrected chi connectivity index (χ4v) is 3.04. The number of benzene rings is 2. The first-order chi connectivity index (χ1) is 13.9. The van der Waals surface area contributed by atoms with E-state index in [1.165, 1.54) is 17.9 Å². The highest BCUT2D eigenvalue weighted by Gasteiger charge is 2.34. The van der Waals surface area contributed by atoms with E-state index in [2.05, 4.69) is 5.10 Å². The van der Waals surface area contributed by atoms with Gasteiger partial charge in [-0.3, -0.25) is 10.1 Å². The summed E-state index contributed by atoms with van der Waals surface area (Å²) < 4.78 is 10.9. The van der Waals surface area contributed by atoms with E-state index in [1.807, 2.05) is 0 Å². The van der Waals surface area contributed by atoms with E-state index < -0.39 is 16.9 Å². The number of carbonyl (C=O) groups excluding carboxylic acids is 2. The lowest BCUT2D eigenvalue weighted by Crippen LogP contribution is -2.15. The summed E-state index contributed by atoms with van der Waals surface area (Å²) in [5.74, 6) is -1.69. The molecule has 0 saturated carbocycles. The molecule has 0 atom stereocenters. The van der Waals surface area contributed by atoms with Crippen LogP contribution in [-0.2, 0) is 9.47 Å². The summed E-state index contributed by atoms with van der Waals surface area (Å²) in [5.41, 5.74) is 0.295. The molecule has 0 amide bonds. The van der Waals surface area contributed by atoms with Crippen LogP contribution >= 0.6 is 0 Å². The molecule has 29 heavy (non-hydrogen) atoms. The lowest BCUT2D eigenvalue weighted by atomic mass is 10.0. The molecule has 0 bridgehead atoms. The van der Waals surface area contributed by atoms with Crippen molar-refractivity contribution < 1.29 is 24.0 Å². The average Bonchev–Trinajstić information content (AvgIpc) is 3.13. The number of aryl methyl sites for hydroxylation is 1. The largest absolute Gasteiger partial charge is 0.465 e. The predicted octanol–water partition coefficient (Wildman–Crippen LogP) is 3.33. The quantitative estimate of drug-likeness (QED) is 0.370. The maximum Gasteiger partial charge on any atom is 0.357 e. The Morgan fingerprint density at radius 3 is 2.24 bits per heavy atom. The first-order valence-electron chi connectivity index (χ1n) is 8.50. The van der Waals surface area contributed by atoms with E-state index in [0.29, 0.717) is 11.3 Å². The highest BCUT2D eigenvalue weighted by molar-refractivity contribution is 6.07. The third kappa shape index (κ3) is 3.45. The molecule has 0 N–H and O–H groups in total. The van der Waals surface area contributed by atoms with Crippen LogP contribution in [0.4, 0.5) is 5.69 Å². The molecule has 0 unspecified atom stereocenters. The monoisotopic (exact) mass is 395 g/mol. The van der Waals surface area contributed by atoms with Crippen LogP contribution in [-0.4, -0.2) is 40.9 Å². The van der Waals surface area contributed by atoms with E-state index >= 15 is 0 Å². The minimum atomic E-state index is -0.863. The van der Waals surface area contributed by atoms with Crippen LogP contribution in [0.1, 0.15) is 26.4 Å². The van der Waals surface area contributed by atoms with Crippen LogP contribution in [0, 0.1) is 17.0 Å². The minimum absolute atomic E-state index is 0.0449. The van der Waals surface area contributed by atoms with Crippen molar-refractivity contribution in [3.8, 4) is 16.9 Å². The lowest BCUT2D eigenvalue weighted by Gasteiger charge is -2.07. The van der Waals surface area contributed by atoms with Gasteiger partial charge in [-0.15, -0.1) is 0 Å². The van der Waals surface area contributed by atoms with Gasteiger partial charge < -0.3 is 9.47 Å². The number of esters is 2. The smallest absolute Gasteiger partial charge is 0.357 e. The molecule has 0 aliphatic carbocycles. The first-order valence-corrected chi connectivity index (χ1v) is 8.50. The van der Waals surface area contributed by atoms with E-state index in [-0.39, 0.29) is 28.2 Å². The molecular weight excluding hydrogens is 378 g/mol. The molecule has 3 rings (SSSR count). The first kappa shape index (κ1) is 19.7. The highest BCUT2D eigenvalue weighted by Crippen LogP contribution is 2.36. The summed E-state index contributed by atoms with van der Waals surface area (Å²) in [5, 5.41) is 16.1. The van der Waals surface area contributed by atoms with Crippen molar-refractivity contribution in [2.45, 2.75) is 6.92 Å². The number of nitro groups is 1. The van der Waals surface area contributed by atoms with Gasteiger partial charge in [-0.05, 0) is 25.1 Å². The molecule has 9 nitrogen and oxygen atoms in total. The fraction of sp³-hybridized carbons (Fsp3) is 0.150. The molecule has 1 heterocycles. The standard InChI is InChI=1S/C20H17N3O6/c1-12-8-7-11-14(17(12)23(26)27)16-15(19(24)28-2)18(20(25)29-3)22(21-16)13-9-5-4-6-10-13/h4-11H,1-3H3. The normalized spacial score (nSPS) is 10.4. The molecule has 0 radical (unpaired) electrons. The van der Waals surface area contributed by atoms with Crippen molar-refractivity contribution in [1.29, 1.82) is 0 Å². The van der Waals surface area contributed by atoms with Gasteiger partial charge in [0.15, 0.2) is 5.69 Å². The van der Waals surface area contributed by atoms with E-state index in [1.54, 1.807) is 49.4 Å². The molecule has 0 fully saturated rings. The van der Waals surface area contributed by atoms with Gasteiger partial charge in [-0.2, -0.15) is 5.10 Å². The molecule has 0 aliphatic heterocycles. The van der Waals surface area contributed by atoms with Gasteiger partial charge in [-0.25, -0.2) is 14.3 Å². The maximum atomic E-state index is 12.6. The summed E-state index contributed by atoms with van der Waals surface area (Å²) >= 11 is 0. The molecule has 9 heteroatoms. The predicted molar refractivity (Wildman–Crippen MR) is 103 cm³/mol. The van der Waals surface area contributed by atoms with Gasteiger partial charge in [-0.1, -0.05) is 30.3 Å². The average molecular weight is 395 g/mol. The van der Waals surface area contributed by atoms with Gasteiger partial charge in [0.05, 0.1) is 30.4 Å². The molecule has 0 spiro atoms. The van der Waals surface area contributed by atoms with E-state index in [0.717, 1.165) is 7.11 Å². The summed E-state index contributed by atoms with van der Waals surface area (Å²) in [4.78, 5) is 36.3. The maximum absolute atomic E-state index is 12.6. The SMILES string of the molecule is COC(=O)c1c(-c2cccc(C)c2[N+](=O)[O-])nn(-c2ccccc2)c1C(=O)OC. The Balaban J connectivity index is 2.45. The van der Waals surface area contributed by atoms with Crippen molar-refractivity contribution in [3.63, 3.8) is 0 Å². The second kappa shape index (κ2) is 7.93. The Kier molecular flexibility index (Phi) is 5.40. The molecule has 2 aromatic carbocycles. The Hall–Kier alpha value is -4.01. The molecule has 3 aromatic rings. The van der Waals surface area contributed by atoms with Crippen LogP contribution < -0.4 is 0 Å². The number of hydrogen-bond donors (Lipinski definition) is 0. The Bertz CT molecular complexity index is 1100. The molecule has 0 saturated heterocycles. The second-order valence-electron chi connectivity index (χ2n) is 6.03. The lowest BCUT2D eigenvalue weighted by molar-refractivity contribution is -0.384. The summed E-state index contributed by atoms with van der Waals surface area (Å²) in [6.45, 7) is 1.58. The Morgan fingerprint density at radius 1 is 1.00 bits per heavy atom. The zero-order chi connectivity index (χ0) is 21.1. The van der Waals surface area contributed by atoms with Gasteiger partial charge in [0.25, 0.3) is 5.69 Å². The third-order valence-corrected chi connectivity index (χ3v) is 4.33. The summed E-state index contributed by atoms with van der Waals surface area (Å²) in [6.07, 6.45) is 0. The topological polar surface area (TPSA) is 114 Å². The summed E-state index contributed by atoms with van der Waals surface area (Å²) in [7, 11) is 2.32. The number of nitrogens with zero attached hydrogens (tertiary/aromatic N) is 3. The third-order valence-electron chi connectivity index (χ3n) is 4.33. The Morgan fingerprint density at radius 2 is 1.66 bits per heavy atom. The number of carbonyl (C=O) groups is 2. The van der Waals surface area contributed by atoms with Crippen LogP contribution in [0.5, 0.6) is 0 Å². The zero-order valence-electron chi connectivity index (χ0n) is 15.9. The molecular formula is C20H17N3O6. The van der Waals surface area contributed by atoms with E-state index in [4.69, 9.17) is 9.47 Å². The fourth-order valence-electron chi connectivity index (χ4n) is 3.04. The van der Waals surface area contributed by atoms with Crippen molar-refractivity contribution in [2.75, 3.05) is 14.2 Å². The number of nitro benzene ring substituents is 1. The van der Waals surface area contributed by atoms with Crippen molar-refractivity contribution in [1.82, 2.24) is 9.78 Å². The highest BCUT2D eigenvalue weighted by atomic mass is 16.6. The van der Waals surface area contributed by atoms with Gasteiger partial charge >= 0.3 is 11.9 Å². The number of rotatable bonds is 5. The van der Waals surface area contributed by atoms with Gasteiger partial charge in [0, 0.05) is 5.56 Å². The number of aromatic nitrogens is 2. The van der Waals surface area contributed by atoms with Crippen molar-refractivity contribution in [2.24, 2.45) is 0 Å². The zero-order valence-corrected chi connectivity index (χ0v) is 15.9. The summed E-state index contributed by atoms with van der Waals surface area (Å²) in [6, 6.07) is 13.2. The molecule has 148 valence electrons. The molecule has 1 aromatic heterocycles. The van der Waals surface area contributed by atoms with Crippen molar-refractivity contribution >= 4 is 17.6 Å². The van der Waals surface area contributed by atoms with Crippen LogP contribution in [0.3, 0.4) is 0 Å². The number of ether oxygens (including phenoxy) is 2. The van der Waals surface area contributed by atoms with Crippen LogP contribution in [0.25, 0.3) is 16.9 Å². The Labute approximate surface area is 165 Å². The van der Waals surface area contributed by atoms with Crippen LogP contribution in [0.2, 0.25) is 0 Å². The molecule has 0 aliphatic rings. The second-order valence-corrected chi connectivity index (χ2v) is 6.03. The number of hydrogen-bond acceptors (Lipinski definition) is 7. The van der Waals surface area contributed by atoms with Gasteiger partial charge in [0.1, 0.15) is 11.3 Å². The minimum Gasteiger partial charge on any atom is -0.465 e. The van der Waals surface area contributed by atoms with Crippen molar-refractivity contribution in [3.05, 3.63) is 75.5 Å². The number of para-hydroxylation sites is 2.